The van der Waals surface area contributed by atoms with Crippen molar-refractivity contribution in [2.75, 3.05) is 40.4 Å². The van der Waals surface area contributed by atoms with Gasteiger partial charge in [-0.1, -0.05) is 30.3 Å². The maximum absolute atomic E-state index is 5.06. The van der Waals surface area contributed by atoms with Gasteiger partial charge in [0, 0.05) is 53.0 Å². The Hall–Kier alpha value is -0.860. The molecule has 0 spiro atoms. The number of nitrogens with one attached hydrogen (secondary N) is 2. The van der Waals surface area contributed by atoms with Gasteiger partial charge in [-0.3, -0.25) is 9.89 Å². The van der Waals surface area contributed by atoms with Gasteiger partial charge in [0.05, 0.1) is 0 Å². The number of hydrogen-bond donors (Lipinski definition) is 2. The van der Waals surface area contributed by atoms with E-state index in [9.17, 15) is 0 Å². The standard InChI is InChI=1S/C18H30N4O.HI/c1-19-18(20-11-6-14-23-2)21-17-9-12-22(13-10-17)15-16-7-4-3-5-8-16;/h3-5,7-8,17H,6,9-15H2,1-2H3,(H2,19,20,21);1H. The van der Waals surface area contributed by atoms with E-state index < -0.39 is 0 Å². The lowest BCUT2D eigenvalue weighted by Crippen LogP contribution is -2.48. The van der Waals surface area contributed by atoms with Crippen LogP contribution in [-0.2, 0) is 11.3 Å². The number of methoxy groups -OCH3 is 1. The second kappa shape index (κ2) is 12.5. The molecular weight excluding hydrogens is 415 g/mol. The first-order valence-electron chi connectivity index (χ1n) is 8.54. The van der Waals surface area contributed by atoms with Crippen molar-refractivity contribution < 1.29 is 4.74 Å². The van der Waals surface area contributed by atoms with Crippen LogP contribution >= 0.6 is 24.0 Å². The summed E-state index contributed by atoms with van der Waals surface area (Å²) >= 11 is 0. The van der Waals surface area contributed by atoms with Gasteiger partial charge in [-0.2, -0.15) is 0 Å². The smallest absolute Gasteiger partial charge is 0.191 e. The van der Waals surface area contributed by atoms with Gasteiger partial charge in [-0.15, -0.1) is 24.0 Å². The summed E-state index contributed by atoms with van der Waals surface area (Å²) in [6, 6.07) is 11.2. The molecule has 0 bridgehead atoms. The van der Waals surface area contributed by atoms with Crippen LogP contribution in [0.15, 0.2) is 35.3 Å². The molecule has 0 amide bonds. The van der Waals surface area contributed by atoms with Crippen molar-refractivity contribution in [2.24, 2.45) is 4.99 Å². The number of benzene rings is 1. The molecule has 0 unspecified atom stereocenters. The molecule has 136 valence electrons. The molecular formula is C18H31IN4O. The summed E-state index contributed by atoms with van der Waals surface area (Å²) in [5, 5.41) is 6.89. The third-order valence-electron chi connectivity index (χ3n) is 4.22. The summed E-state index contributed by atoms with van der Waals surface area (Å²) < 4.78 is 5.06. The Morgan fingerprint density at radius 2 is 1.96 bits per heavy atom. The number of likely N-dealkylation sites (tertiary alicyclic amines) is 1. The van der Waals surface area contributed by atoms with Gasteiger partial charge in [-0.05, 0) is 24.8 Å². The highest BCUT2D eigenvalue weighted by atomic mass is 127. The zero-order valence-corrected chi connectivity index (χ0v) is 17.2. The fourth-order valence-electron chi connectivity index (χ4n) is 2.89. The molecule has 0 radical (unpaired) electrons. The number of halogens is 1. The van der Waals surface area contributed by atoms with Crippen molar-refractivity contribution in [2.45, 2.75) is 31.8 Å². The van der Waals surface area contributed by atoms with Crippen LogP contribution in [0.25, 0.3) is 0 Å². The normalized spacial score (nSPS) is 16.5. The van der Waals surface area contributed by atoms with Crippen molar-refractivity contribution in [3.8, 4) is 0 Å². The number of piperidine rings is 1. The lowest BCUT2D eigenvalue weighted by atomic mass is 10.0. The van der Waals surface area contributed by atoms with Gasteiger partial charge in [-0.25, -0.2) is 0 Å². The van der Waals surface area contributed by atoms with Crippen LogP contribution in [0.3, 0.4) is 0 Å². The molecule has 24 heavy (non-hydrogen) atoms. The van der Waals surface area contributed by atoms with E-state index in [0.29, 0.717) is 6.04 Å². The first-order chi connectivity index (χ1) is 11.3. The molecule has 1 aromatic rings. The largest absolute Gasteiger partial charge is 0.385 e. The second-order valence-electron chi connectivity index (χ2n) is 6.03. The van der Waals surface area contributed by atoms with Gasteiger partial charge in [0.2, 0.25) is 0 Å². The third-order valence-corrected chi connectivity index (χ3v) is 4.22. The van der Waals surface area contributed by atoms with E-state index >= 15 is 0 Å². The molecule has 2 N–H and O–H groups in total. The monoisotopic (exact) mass is 446 g/mol. The first kappa shape index (κ1) is 21.2. The molecule has 1 aliphatic heterocycles. The highest BCUT2D eigenvalue weighted by molar-refractivity contribution is 14.0. The fourth-order valence-corrected chi connectivity index (χ4v) is 2.89. The van der Waals surface area contributed by atoms with Crippen LogP contribution in [0.4, 0.5) is 0 Å². The summed E-state index contributed by atoms with van der Waals surface area (Å²) in [6.45, 7) is 4.99. The maximum atomic E-state index is 5.06. The van der Waals surface area contributed by atoms with Gasteiger partial charge < -0.3 is 15.4 Å². The van der Waals surface area contributed by atoms with Gasteiger partial charge in [0.1, 0.15) is 0 Å². The van der Waals surface area contributed by atoms with Crippen LogP contribution in [0.1, 0.15) is 24.8 Å². The van der Waals surface area contributed by atoms with Crippen molar-refractivity contribution in [1.82, 2.24) is 15.5 Å². The SMILES string of the molecule is CN=C(NCCCOC)NC1CCN(Cc2ccccc2)CC1.I. The van der Waals surface area contributed by atoms with E-state index in [4.69, 9.17) is 4.74 Å². The minimum atomic E-state index is 0. The van der Waals surface area contributed by atoms with Crippen LogP contribution < -0.4 is 10.6 Å². The summed E-state index contributed by atoms with van der Waals surface area (Å²) in [4.78, 5) is 6.84. The Bertz CT molecular complexity index is 461. The molecule has 0 saturated carbocycles. The summed E-state index contributed by atoms with van der Waals surface area (Å²) in [5.41, 5.74) is 1.40. The molecule has 2 rings (SSSR count). The van der Waals surface area contributed by atoms with E-state index in [1.165, 1.54) is 5.56 Å². The average molecular weight is 446 g/mol. The predicted molar refractivity (Wildman–Crippen MR) is 111 cm³/mol. The van der Waals surface area contributed by atoms with Crippen LogP contribution in [0, 0.1) is 0 Å². The van der Waals surface area contributed by atoms with Crippen molar-refractivity contribution in [3.05, 3.63) is 35.9 Å². The van der Waals surface area contributed by atoms with Crippen molar-refractivity contribution in [1.29, 1.82) is 0 Å². The zero-order valence-electron chi connectivity index (χ0n) is 14.8. The van der Waals surface area contributed by atoms with Crippen LogP contribution in [-0.4, -0.2) is 57.3 Å². The van der Waals surface area contributed by atoms with Crippen molar-refractivity contribution >= 4 is 29.9 Å². The average Bonchev–Trinajstić information content (AvgIpc) is 2.60. The Balaban J connectivity index is 0.00000288. The lowest BCUT2D eigenvalue weighted by molar-refractivity contribution is 0.194. The van der Waals surface area contributed by atoms with Crippen molar-refractivity contribution in [3.63, 3.8) is 0 Å². The third kappa shape index (κ3) is 7.81. The topological polar surface area (TPSA) is 48.9 Å². The lowest BCUT2D eigenvalue weighted by Gasteiger charge is -2.33. The molecule has 0 aliphatic carbocycles. The van der Waals surface area contributed by atoms with E-state index in [0.717, 1.165) is 58.0 Å². The molecule has 6 heteroatoms. The summed E-state index contributed by atoms with van der Waals surface area (Å²) in [6.07, 6.45) is 3.31. The van der Waals surface area contributed by atoms with E-state index in [1.54, 1.807) is 7.11 Å². The minimum absolute atomic E-state index is 0. The predicted octanol–water partition coefficient (Wildman–Crippen LogP) is 2.47. The number of hydrogen-bond acceptors (Lipinski definition) is 3. The number of aliphatic imine (C=N–C) groups is 1. The zero-order chi connectivity index (χ0) is 16.3. The quantitative estimate of drug-likeness (QED) is 0.293. The highest BCUT2D eigenvalue weighted by Crippen LogP contribution is 2.13. The Kier molecular flexibility index (Phi) is 11.0. The molecule has 1 heterocycles. The van der Waals surface area contributed by atoms with Crippen LogP contribution in [0.2, 0.25) is 0 Å². The molecule has 1 saturated heterocycles. The molecule has 1 fully saturated rings. The van der Waals surface area contributed by atoms with E-state index in [-0.39, 0.29) is 24.0 Å². The molecule has 1 aromatic carbocycles. The van der Waals surface area contributed by atoms with Gasteiger partial charge in [0.25, 0.3) is 0 Å². The van der Waals surface area contributed by atoms with Crippen LogP contribution in [0.5, 0.6) is 0 Å². The second-order valence-corrected chi connectivity index (χ2v) is 6.03. The molecule has 5 nitrogen and oxygen atoms in total. The molecule has 0 atom stereocenters. The number of guanidine groups is 1. The van der Waals surface area contributed by atoms with E-state index in [2.05, 4.69) is 50.9 Å². The van der Waals surface area contributed by atoms with E-state index in [1.807, 2.05) is 7.05 Å². The Labute approximate surface area is 163 Å². The maximum Gasteiger partial charge on any atom is 0.191 e. The van der Waals surface area contributed by atoms with Gasteiger partial charge >= 0.3 is 0 Å². The van der Waals surface area contributed by atoms with Gasteiger partial charge in [0.15, 0.2) is 5.96 Å². The molecule has 1 aliphatic rings. The Morgan fingerprint density at radius 3 is 2.58 bits per heavy atom. The number of rotatable bonds is 7. The first-order valence-corrected chi connectivity index (χ1v) is 8.54. The number of ether oxygens (including phenoxy) is 1. The number of nitrogens with zero attached hydrogens (tertiary/aromatic N) is 2. The molecule has 0 aromatic heterocycles. The Morgan fingerprint density at radius 1 is 1.25 bits per heavy atom. The minimum Gasteiger partial charge on any atom is -0.385 e. The highest BCUT2D eigenvalue weighted by Gasteiger charge is 2.19. The summed E-state index contributed by atoms with van der Waals surface area (Å²) in [5.74, 6) is 0.905. The summed E-state index contributed by atoms with van der Waals surface area (Å²) in [7, 11) is 3.56. The fraction of sp³-hybridized carbons (Fsp3) is 0.611.